The van der Waals surface area contributed by atoms with Crippen LogP contribution in [0.5, 0.6) is 0 Å². The Kier molecular flexibility index (Phi) is 5.58. The molecule has 3 amide bonds. The van der Waals surface area contributed by atoms with Crippen LogP contribution in [-0.2, 0) is 9.59 Å². The van der Waals surface area contributed by atoms with E-state index in [9.17, 15) is 14.4 Å². The largest absolute Gasteiger partial charge is 0.395 e. The molecule has 1 aromatic rings. The fourth-order valence-corrected chi connectivity index (χ4v) is 3.30. The van der Waals surface area contributed by atoms with E-state index in [0.717, 1.165) is 24.2 Å². The first-order valence-electron chi connectivity index (χ1n) is 8.55. The Balaban J connectivity index is 1.84. The van der Waals surface area contributed by atoms with Crippen LogP contribution in [0.1, 0.15) is 29.6 Å². The number of hydrogen-bond acceptors (Lipinski definition) is 5. The van der Waals surface area contributed by atoms with Crippen LogP contribution in [0.15, 0.2) is 30.0 Å². The number of β-amino-alcohol motifs (C(OH)–C–C–N with tert-alkyl or cyclic N) is 1. The highest BCUT2D eigenvalue weighted by Crippen LogP contribution is 2.26. The zero-order valence-electron chi connectivity index (χ0n) is 14.2. The van der Waals surface area contributed by atoms with Crippen molar-refractivity contribution in [1.82, 2.24) is 9.80 Å². The summed E-state index contributed by atoms with van der Waals surface area (Å²) in [5.41, 5.74) is 0.850. The Bertz CT molecular complexity index is 772. The number of hydrogen-bond donors (Lipinski definition) is 2. The molecule has 0 saturated carbocycles. The molecule has 0 atom stereocenters. The van der Waals surface area contributed by atoms with E-state index in [4.69, 9.17) is 16.7 Å². The number of carbonyl (C=O) groups excluding carboxylic acids is 3. The van der Waals surface area contributed by atoms with Crippen LogP contribution in [0, 0.1) is 0 Å². The van der Waals surface area contributed by atoms with Crippen molar-refractivity contribution in [3.8, 4) is 0 Å². The number of piperidine rings is 1. The van der Waals surface area contributed by atoms with E-state index in [1.54, 1.807) is 23.1 Å². The van der Waals surface area contributed by atoms with Crippen molar-refractivity contribution < 1.29 is 19.5 Å². The number of likely N-dealkylation sites (tertiary alicyclic amines) is 1. The van der Waals surface area contributed by atoms with Crippen LogP contribution in [0.25, 0.3) is 0 Å². The van der Waals surface area contributed by atoms with Gasteiger partial charge in [-0.25, -0.2) is 0 Å². The first-order valence-corrected chi connectivity index (χ1v) is 8.93. The third-order valence-electron chi connectivity index (χ3n) is 4.46. The van der Waals surface area contributed by atoms with Gasteiger partial charge in [0.05, 0.1) is 24.4 Å². The first kappa shape index (κ1) is 18.4. The molecule has 2 N–H and O–H groups in total. The van der Waals surface area contributed by atoms with Crippen molar-refractivity contribution in [3.05, 3.63) is 40.6 Å². The zero-order chi connectivity index (χ0) is 18.7. The topological polar surface area (TPSA) is 90.0 Å². The Morgan fingerprint density at radius 2 is 1.92 bits per heavy atom. The maximum absolute atomic E-state index is 12.9. The summed E-state index contributed by atoms with van der Waals surface area (Å²) in [5.74, 6) is -1.18. The number of nitrogens with zero attached hydrogens (tertiary/aromatic N) is 2. The van der Waals surface area contributed by atoms with E-state index >= 15 is 0 Å². The van der Waals surface area contributed by atoms with Gasteiger partial charge in [0, 0.05) is 24.2 Å². The highest BCUT2D eigenvalue weighted by Gasteiger charge is 2.31. The van der Waals surface area contributed by atoms with E-state index in [-0.39, 0.29) is 24.8 Å². The minimum absolute atomic E-state index is 0.0680. The highest BCUT2D eigenvalue weighted by atomic mass is 35.5. The number of imide groups is 1. The molecule has 138 valence electrons. The molecule has 0 unspecified atom stereocenters. The molecular formula is C18H20ClN3O4. The lowest BCUT2D eigenvalue weighted by Gasteiger charge is -2.27. The molecule has 8 heteroatoms. The molecule has 0 spiro atoms. The van der Waals surface area contributed by atoms with Gasteiger partial charge in [0.25, 0.3) is 17.7 Å². The minimum Gasteiger partial charge on any atom is -0.395 e. The number of aliphatic hydroxyl groups excluding tert-OH is 1. The van der Waals surface area contributed by atoms with Crippen LogP contribution in [0.2, 0.25) is 5.02 Å². The number of benzene rings is 1. The van der Waals surface area contributed by atoms with Crippen molar-refractivity contribution in [2.45, 2.75) is 19.3 Å². The van der Waals surface area contributed by atoms with Gasteiger partial charge in [-0.1, -0.05) is 11.6 Å². The van der Waals surface area contributed by atoms with Gasteiger partial charge in [0.2, 0.25) is 0 Å². The van der Waals surface area contributed by atoms with E-state index < -0.39 is 11.8 Å². The number of amides is 3. The van der Waals surface area contributed by atoms with Gasteiger partial charge in [-0.2, -0.15) is 0 Å². The molecule has 2 aliphatic rings. The first-order chi connectivity index (χ1) is 12.5. The quantitative estimate of drug-likeness (QED) is 0.761. The van der Waals surface area contributed by atoms with Gasteiger partial charge in [-0.05, 0) is 37.5 Å². The molecule has 1 aromatic carbocycles. The molecule has 2 heterocycles. The van der Waals surface area contributed by atoms with E-state index in [0.29, 0.717) is 29.4 Å². The lowest BCUT2D eigenvalue weighted by Crippen LogP contribution is -2.36. The predicted octanol–water partition coefficient (Wildman–Crippen LogP) is 1.62. The monoisotopic (exact) mass is 377 g/mol. The summed E-state index contributed by atoms with van der Waals surface area (Å²) in [5, 5.41) is 12.3. The van der Waals surface area contributed by atoms with Crippen LogP contribution >= 0.6 is 11.6 Å². The fourth-order valence-electron chi connectivity index (χ4n) is 3.12. The summed E-state index contributed by atoms with van der Waals surface area (Å²) >= 11 is 6.06. The smallest absolute Gasteiger partial charge is 0.277 e. The normalized spacial score (nSPS) is 17.5. The Hall–Kier alpha value is -2.38. The molecule has 0 radical (unpaired) electrons. The molecule has 3 rings (SSSR count). The van der Waals surface area contributed by atoms with Gasteiger partial charge < -0.3 is 15.3 Å². The fraction of sp³-hybridized carbons (Fsp3) is 0.389. The number of nitrogens with one attached hydrogen (secondary N) is 1. The summed E-state index contributed by atoms with van der Waals surface area (Å²) in [6.45, 7) is 1.00. The number of halogens is 1. The average Bonchev–Trinajstić information content (AvgIpc) is 2.91. The van der Waals surface area contributed by atoms with E-state index in [2.05, 4.69) is 5.32 Å². The van der Waals surface area contributed by atoms with Gasteiger partial charge in [-0.15, -0.1) is 0 Å². The summed E-state index contributed by atoms with van der Waals surface area (Å²) in [4.78, 5) is 39.8. The van der Waals surface area contributed by atoms with Crippen LogP contribution in [-0.4, -0.2) is 58.9 Å². The SMILES string of the molecule is O=C(c1cc(Cl)ccc1NC1=CC(=O)N(CCO)C1=O)N1CCCCC1. The van der Waals surface area contributed by atoms with Crippen molar-refractivity contribution in [2.24, 2.45) is 0 Å². The summed E-state index contributed by atoms with van der Waals surface area (Å²) in [7, 11) is 0. The minimum atomic E-state index is -0.532. The lowest BCUT2D eigenvalue weighted by molar-refractivity contribution is -0.137. The standard InChI is InChI=1S/C18H20ClN3O4/c19-12-4-5-14(13(10-12)17(25)21-6-2-1-3-7-21)20-15-11-16(24)22(8-9-23)18(15)26/h4-5,10-11,20,23H,1-3,6-9H2. The second kappa shape index (κ2) is 7.88. The number of aliphatic hydroxyl groups is 1. The van der Waals surface area contributed by atoms with Crippen LogP contribution in [0.3, 0.4) is 0 Å². The molecule has 26 heavy (non-hydrogen) atoms. The molecule has 1 saturated heterocycles. The van der Waals surface area contributed by atoms with Crippen molar-refractivity contribution >= 4 is 35.0 Å². The summed E-state index contributed by atoms with van der Waals surface area (Å²) in [6, 6.07) is 4.80. The second-order valence-corrected chi connectivity index (χ2v) is 6.68. The van der Waals surface area contributed by atoms with Crippen molar-refractivity contribution in [3.63, 3.8) is 0 Å². The maximum atomic E-state index is 12.9. The Labute approximate surface area is 156 Å². The third kappa shape index (κ3) is 3.73. The molecule has 2 aliphatic heterocycles. The predicted molar refractivity (Wildman–Crippen MR) is 96.7 cm³/mol. The molecule has 7 nitrogen and oxygen atoms in total. The van der Waals surface area contributed by atoms with Crippen molar-refractivity contribution in [2.75, 3.05) is 31.6 Å². The Morgan fingerprint density at radius 3 is 2.62 bits per heavy atom. The molecule has 0 bridgehead atoms. The third-order valence-corrected chi connectivity index (χ3v) is 4.69. The van der Waals surface area contributed by atoms with Crippen LogP contribution < -0.4 is 5.32 Å². The Morgan fingerprint density at radius 1 is 1.19 bits per heavy atom. The molecule has 0 aromatic heterocycles. The molecule has 0 aliphatic carbocycles. The van der Waals surface area contributed by atoms with Gasteiger partial charge >= 0.3 is 0 Å². The molecule has 1 fully saturated rings. The lowest BCUT2D eigenvalue weighted by atomic mass is 10.1. The van der Waals surface area contributed by atoms with E-state index in [1.165, 1.54) is 6.08 Å². The van der Waals surface area contributed by atoms with Gasteiger partial charge in [0.1, 0.15) is 5.70 Å². The van der Waals surface area contributed by atoms with Gasteiger partial charge in [0.15, 0.2) is 0 Å². The number of anilines is 1. The van der Waals surface area contributed by atoms with Crippen molar-refractivity contribution in [1.29, 1.82) is 0 Å². The number of rotatable bonds is 5. The molecular weight excluding hydrogens is 358 g/mol. The summed E-state index contributed by atoms with van der Waals surface area (Å²) < 4.78 is 0. The zero-order valence-corrected chi connectivity index (χ0v) is 15.0. The second-order valence-electron chi connectivity index (χ2n) is 6.24. The number of carbonyl (C=O) groups is 3. The van der Waals surface area contributed by atoms with Gasteiger partial charge in [-0.3, -0.25) is 19.3 Å². The highest BCUT2D eigenvalue weighted by molar-refractivity contribution is 6.31. The maximum Gasteiger partial charge on any atom is 0.277 e. The average molecular weight is 378 g/mol. The summed E-state index contributed by atoms with van der Waals surface area (Å²) in [6.07, 6.45) is 4.20. The van der Waals surface area contributed by atoms with Crippen LogP contribution in [0.4, 0.5) is 5.69 Å². The van der Waals surface area contributed by atoms with E-state index in [1.807, 2.05) is 0 Å².